The van der Waals surface area contributed by atoms with Crippen LogP contribution < -0.4 is 10.6 Å². The molecule has 0 aliphatic heterocycles. The first-order valence-corrected chi connectivity index (χ1v) is 7.75. The van der Waals surface area contributed by atoms with Gasteiger partial charge < -0.3 is 10.6 Å². The molecule has 0 aromatic rings. The van der Waals surface area contributed by atoms with E-state index < -0.39 is 0 Å². The zero-order chi connectivity index (χ0) is 11.8. The van der Waals surface area contributed by atoms with Gasteiger partial charge in [-0.3, -0.25) is 0 Å². The Labute approximate surface area is 106 Å². The van der Waals surface area contributed by atoms with Crippen LogP contribution in [0.4, 0.5) is 0 Å². The molecule has 0 radical (unpaired) electrons. The van der Waals surface area contributed by atoms with Crippen molar-refractivity contribution in [2.45, 2.75) is 45.6 Å². The van der Waals surface area contributed by atoms with E-state index in [4.69, 9.17) is 0 Å². The number of hydrogen-bond donors (Lipinski definition) is 2. The molecule has 3 aliphatic rings. The van der Waals surface area contributed by atoms with E-state index in [0.29, 0.717) is 6.04 Å². The summed E-state index contributed by atoms with van der Waals surface area (Å²) in [5.74, 6) is 5.58. The van der Waals surface area contributed by atoms with Gasteiger partial charge in [-0.2, -0.15) is 0 Å². The molecule has 2 nitrogen and oxygen atoms in total. The lowest BCUT2D eigenvalue weighted by Crippen LogP contribution is -2.38. The van der Waals surface area contributed by atoms with E-state index in [1.165, 1.54) is 13.0 Å². The van der Waals surface area contributed by atoms with Crippen molar-refractivity contribution in [2.24, 2.45) is 29.6 Å². The Morgan fingerprint density at radius 3 is 2.53 bits per heavy atom. The third-order valence-corrected chi connectivity index (χ3v) is 5.47. The van der Waals surface area contributed by atoms with Gasteiger partial charge in [-0.05, 0) is 75.3 Å². The molecular weight excluding hydrogens is 208 g/mol. The van der Waals surface area contributed by atoms with Crippen molar-refractivity contribution in [3.63, 3.8) is 0 Å². The van der Waals surface area contributed by atoms with E-state index in [1.54, 1.807) is 19.3 Å². The zero-order valence-corrected chi connectivity index (χ0v) is 11.4. The molecule has 0 aromatic heterocycles. The summed E-state index contributed by atoms with van der Waals surface area (Å²) in [6.07, 6.45) is 5.92. The molecule has 0 saturated heterocycles. The topological polar surface area (TPSA) is 24.1 Å². The van der Waals surface area contributed by atoms with Gasteiger partial charge in [0.2, 0.25) is 0 Å². The molecular formula is C15H28N2. The largest absolute Gasteiger partial charge is 0.315 e. The lowest BCUT2D eigenvalue weighted by Gasteiger charge is -2.16. The summed E-state index contributed by atoms with van der Waals surface area (Å²) in [7, 11) is 0. The fourth-order valence-electron chi connectivity index (χ4n) is 4.68. The summed E-state index contributed by atoms with van der Waals surface area (Å²) in [6.45, 7) is 8.12. The average Bonchev–Trinajstić information content (AvgIpc) is 2.71. The Kier molecular flexibility index (Phi) is 3.45. The van der Waals surface area contributed by atoms with Gasteiger partial charge in [0.15, 0.2) is 0 Å². The summed E-state index contributed by atoms with van der Waals surface area (Å²) in [5.41, 5.74) is 0. The molecule has 98 valence electrons. The van der Waals surface area contributed by atoms with E-state index in [9.17, 15) is 0 Å². The quantitative estimate of drug-likeness (QED) is 0.663. The van der Waals surface area contributed by atoms with Crippen molar-refractivity contribution in [1.82, 2.24) is 10.6 Å². The molecule has 0 heterocycles. The van der Waals surface area contributed by atoms with Crippen molar-refractivity contribution in [1.29, 1.82) is 0 Å². The van der Waals surface area contributed by atoms with Crippen LogP contribution in [0.5, 0.6) is 0 Å². The smallest absolute Gasteiger partial charge is 0.0164 e. The number of hydrogen-bond acceptors (Lipinski definition) is 2. The van der Waals surface area contributed by atoms with Crippen LogP contribution in [0.2, 0.25) is 0 Å². The van der Waals surface area contributed by atoms with Gasteiger partial charge in [0.1, 0.15) is 0 Å². The van der Waals surface area contributed by atoms with Crippen molar-refractivity contribution in [2.75, 3.05) is 19.6 Å². The minimum Gasteiger partial charge on any atom is -0.315 e. The fourth-order valence-corrected chi connectivity index (χ4v) is 4.68. The number of fused-ring (bicyclic) bond motifs is 5. The highest BCUT2D eigenvalue weighted by atomic mass is 15.0. The second-order valence-electron chi connectivity index (χ2n) is 6.67. The van der Waals surface area contributed by atoms with Crippen LogP contribution in [0.3, 0.4) is 0 Å². The van der Waals surface area contributed by atoms with Crippen molar-refractivity contribution in [3.05, 3.63) is 0 Å². The number of rotatable bonds is 7. The standard InChI is InChI=1S/C15H28N2/c1-3-6-16-8-10(2)17-9-13-14-11-4-5-12(7-11)15(13)14/h10-17H,3-9H2,1-2H3. The van der Waals surface area contributed by atoms with Gasteiger partial charge in [-0.1, -0.05) is 6.92 Å². The Morgan fingerprint density at radius 1 is 1.18 bits per heavy atom. The fraction of sp³-hybridized carbons (Fsp3) is 1.00. The van der Waals surface area contributed by atoms with Crippen LogP contribution in [-0.2, 0) is 0 Å². The maximum absolute atomic E-state index is 3.74. The summed E-state index contributed by atoms with van der Waals surface area (Å²) in [6, 6.07) is 0.639. The van der Waals surface area contributed by atoms with Crippen LogP contribution in [0.1, 0.15) is 39.5 Å². The first kappa shape index (κ1) is 12.0. The highest BCUT2D eigenvalue weighted by Gasteiger charge is 2.64. The van der Waals surface area contributed by atoms with Crippen molar-refractivity contribution >= 4 is 0 Å². The van der Waals surface area contributed by atoms with Crippen molar-refractivity contribution in [3.8, 4) is 0 Å². The van der Waals surface area contributed by atoms with E-state index in [1.807, 2.05) is 0 Å². The molecule has 3 aliphatic carbocycles. The van der Waals surface area contributed by atoms with Gasteiger partial charge in [-0.25, -0.2) is 0 Å². The molecule has 5 atom stereocenters. The van der Waals surface area contributed by atoms with Gasteiger partial charge in [0.05, 0.1) is 0 Å². The molecule has 3 saturated carbocycles. The Bertz CT molecular complexity index is 250. The second-order valence-corrected chi connectivity index (χ2v) is 6.67. The lowest BCUT2D eigenvalue weighted by molar-refractivity contribution is 0.416. The molecule has 3 rings (SSSR count). The minimum absolute atomic E-state index is 0.639. The monoisotopic (exact) mass is 236 g/mol. The molecule has 0 amide bonds. The first-order chi connectivity index (χ1) is 8.31. The normalized spacial score (nSPS) is 43.8. The lowest BCUT2D eigenvalue weighted by atomic mass is 10.0. The molecule has 17 heavy (non-hydrogen) atoms. The van der Waals surface area contributed by atoms with E-state index >= 15 is 0 Å². The molecule has 3 fully saturated rings. The molecule has 5 unspecified atom stereocenters. The minimum atomic E-state index is 0.639. The van der Waals surface area contributed by atoms with Crippen LogP contribution in [0.15, 0.2) is 0 Å². The van der Waals surface area contributed by atoms with Crippen LogP contribution in [0, 0.1) is 29.6 Å². The third kappa shape index (κ3) is 2.26. The zero-order valence-electron chi connectivity index (χ0n) is 11.4. The molecule has 2 heteroatoms. The maximum Gasteiger partial charge on any atom is 0.0164 e. The van der Waals surface area contributed by atoms with Crippen LogP contribution in [0.25, 0.3) is 0 Å². The average molecular weight is 236 g/mol. The summed E-state index contributed by atoms with van der Waals surface area (Å²) >= 11 is 0. The van der Waals surface area contributed by atoms with E-state index in [2.05, 4.69) is 24.5 Å². The summed E-state index contributed by atoms with van der Waals surface area (Å²) in [4.78, 5) is 0. The van der Waals surface area contributed by atoms with Gasteiger partial charge in [0.25, 0.3) is 0 Å². The Balaban J connectivity index is 1.34. The van der Waals surface area contributed by atoms with E-state index in [0.717, 1.165) is 42.7 Å². The van der Waals surface area contributed by atoms with E-state index in [-0.39, 0.29) is 0 Å². The summed E-state index contributed by atoms with van der Waals surface area (Å²) < 4.78 is 0. The van der Waals surface area contributed by atoms with Crippen LogP contribution in [-0.4, -0.2) is 25.7 Å². The molecule has 2 bridgehead atoms. The highest BCUT2D eigenvalue weighted by molar-refractivity contribution is 5.13. The molecule has 2 N–H and O–H groups in total. The number of nitrogens with one attached hydrogen (secondary N) is 2. The predicted molar refractivity (Wildman–Crippen MR) is 71.9 cm³/mol. The SMILES string of the molecule is CCCNCC(C)NCC1C2C3CCC(C3)C12. The van der Waals surface area contributed by atoms with Gasteiger partial charge >= 0.3 is 0 Å². The predicted octanol–water partition coefficient (Wildman–Crippen LogP) is 2.26. The first-order valence-electron chi connectivity index (χ1n) is 7.75. The third-order valence-electron chi connectivity index (χ3n) is 5.47. The Hall–Kier alpha value is -0.0800. The second kappa shape index (κ2) is 4.89. The van der Waals surface area contributed by atoms with Crippen LogP contribution >= 0.6 is 0 Å². The molecule has 0 aromatic carbocycles. The van der Waals surface area contributed by atoms with Gasteiger partial charge in [-0.15, -0.1) is 0 Å². The van der Waals surface area contributed by atoms with Crippen molar-refractivity contribution < 1.29 is 0 Å². The van der Waals surface area contributed by atoms with Gasteiger partial charge in [0, 0.05) is 12.6 Å². The maximum atomic E-state index is 3.74. The molecule has 0 spiro atoms. The summed E-state index contributed by atoms with van der Waals surface area (Å²) in [5, 5.41) is 7.24. The highest BCUT2D eigenvalue weighted by Crippen LogP contribution is 2.69. The Morgan fingerprint density at radius 2 is 1.88 bits per heavy atom.